The molecule has 0 unspecified atom stereocenters. The molecule has 3 atom stereocenters. The first-order valence-corrected chi connectivity index (χ1v) is 15.2. The Kier molecular flexibility index (Phi) is 11.7. The van der Waals surface area contributed by atoms with Crippen LogP contribution in [0, 0.1) is 12.8 Å². The minimum Gasteiger partial charge on any atom is -0.492 e. The number of fused-ring (bicyclic) bond motifs is 1. The van der Waals surface area contributed by atoms with Crippen molar-refractivity contribution in [2.75, 3.05) is 32.1 Å². The summed E-state index contributed by atoms with van der Waals surface area (Å²) in [4.78, 5) is 40.7. The van der Waals surface area contributed by atoms with Gasteiger partial charge >= 0.3 is 0 Å². The van der Waals surface area contributed by atoms with Crippen LogP contribution in [-0.4, -0.2) is 77.6 Å². The summed E-state index contributed by atoms with van der Waals surface area (Å²) in [6.45, 7) is 6.99. The maximum absolute atomic E-state index is 13.7. The van der Waals surface area contributed by atoms with Gasteiger partial charge in [-0.2, -0.15) is 0 Å². The monoisotopic (exact) mass is 604 g/mol. The van der Waals surface area contributed by atoms with Crippen LogP contribution in [0.25, 0.3) is 0 Å². The average molecular weight is 605 g/mol. The van der Waals surface area contributed by atoms with Crippen molar-refractivity contribution in [3.05, 3.63) is 71.4 Å². The van der Waals surface area contributed by atoms with Crippen molar-refractivity contribution in [2.45, 2.75) is 64.7 Å². The molecule has 0 aliphatic carbocycles. The summed E-state index contributed by atoms with van der Waals surface area (Å²) in [6, 6.07) is 13.4. The molecule has 5 N–H and O–H groups in total. The summed E-state index contributed by atoms with van der Waals surface area (Å²) >= 11 is 0. The lowest BCUT2D eigenvalue weighted by Crippen LogP contribution is -2.59. The van der Waals surface area contributed by atoms with E-state index >= 15 is 0 Å². The molecular formula is C32H44N8O4. The number of aromatic nitrogens is 3. The number of para-hydroxylation sites is 1. The Labute approximate surface area is 258 Å². The number of hydrogen-bond donors (Lipinski definition) is 5. The predicted octanol–water partition coefficient (Wildman–Crippen LogP) is 1.60. The van der Waals surface area contributed by atoms with E-state index in [0.29, 0.717) is 44.8 Å². The molecule has 1 aliphatic heterocycles. The van der Waals surface area contributed by atoms with Gasteiger partial charge in [-0.15, -0.1) is 5.10 Å². The number of nitrogens with zero attached hydrogens (tertiary/aromatic N) is 3. The van der Waals surface area contributed by atoms with Gasteiger partial charge in [0.15, 0.2) is 5.82 Å². The highest BCUT2D eigenvalue weighted by Crippen LogP contribution is 2.19. The lowest BCUT2D eigenvalue weighted by atomic mass is 10.00. The molecule has 12 nitrogen and oxygen atoms in total. The third-order valence-electron chi connectivity index (χ3n) is 7.53. The van der Waals surface area contributed by atoms with Gasteiger partial charge in [-0.25, -0.2) is 4.68 Å². The summed E-state index contributed by atoms with van der Waals surface area (Å²) in [6.07, 6.45) is 3.47. The van der Waals surface area contributed by atoms with Crippen LogP contribution in [0.3, 0.4) is 0 Å². The highest BCUT2D eigenvalue weighted by atomic mass is 16.5. The van der Waals surface area contributed by atoms with Gasteiger partial charge in [-0.1, -0.05) is 67.1 Å². The summed E-state index contributed by atoms with van der Waals surface area (Å²) < 4.78 is 7.61. The van der Waals surface area contributed by atoms with Crippen molar-refractivity contribution in [1.29, 1.82) is 0 Å². The lowest BCUT2D eigenvalue weighted by molar-refractivity contribution is -0.133. The summed E-state index contributed by atoms with van der Waals surface area (Å²) in [5, 5.41) is 23.1. The fourth-order valence-electron chi connectivity index (χ4n) is 5.12. The lowest BCUT2D eigenvalue weighted by Gasteiger charge is -2.27. The van der Waals surface area contributed by atoms with E-state index in [4.69, 9.17) is 4.74 Å². The maximum atomic E-state index is 13.7. The molecular weight excluding hydrogens is 560 g/mol. The van der Waals surface area contributed by atoms with Crippen molar-refractivity contribution < 1.29 is 19.1 Å². The first kappa shape index (κ1) is 32.5. The minimum absolute atomic E-state index is 0.0687. The Bertz CT molecular complexity index is 1410. The Hall–Kier alpha value is -4.45. The Morgan fingerprint density at radius 3 is 2.57 bits per heavy atom. The van der Waals surface area contributed by atoms with E-state index in [-0.39, 0.29) is 24.3 Å². The van der Waals surface area contributed by atoms with Gasteiger partial charge in [0.1, 0.15) is 24.4 Å². The standard InChI is InChI=1S/C32H44N8O4/c1-21(2)29-32(43)36-26(19-40-20-28(33-4)38-39-40)30(41)35-14-8-12-24-11-5-6-13-27(24)44-16-15-34-25(31(42)37-29)18-23-10-7-9-22(3)17-23/h5-7,9-11,13,17,20-21,25-26,29,33-34H,8,12,14-16,18-19H2,1-4H3,(H,35,41)(H,36,43)(H,37,42)/t25-,26+,29-/m1/s1. The number of ether oxygens (including phenoxy) is 1. The van der Waals surface area contributed by atoms with Crippen LogP contribution in [0.1, 0.15) is 37.0 Å². The Balaban J connectivity index is 1.60. The SMILES string of the molecule is CNc1cn(C[C@@H]2NC(=O)[C@@H](C(C)C)NC(=O)[C@@H](Cc3cccc(C)c3)NCCOc3ccccc3CCCNC2=O)nn1. The zero-order valence-electron chi connectivity index (χ0n) is 25.9. The van der Waals surface area contributed by atoms with Crippen molar-refractivity contribution >= 4 is 23.5 Å². The molecule has 0 spiro atoms. The first-order valence-electron chi connectivity index (χ1n) is 15.2. The van der Waals surface area contributed by atoms with Gasteiger partial charge < -0.3 is 31.3 Å². The molecule has 3 aromatic rings. The molecule has 1 aromatic heterocycles. The van der Waals surface area contributed by atoms with E-state index in [1.54, 1.807) is 13.2 Å². The number of carbonyl (C=O) groups excluding carboxylic acids is 3. The van der Waals surface area contributed by atoms with Crippen LogP contribution in [0.5, 0.6) is 5.75 Å². The third kappa shape index (κ3) is 9.27. The molecule has 0 bridgehead atoms. The molecule has 236 valence electrons. The molecule has 0 saturated carbocycles. The zero-order valence-corrected chi connectivity index (χ0v) is 25.9. The fourth-order valence-corrected chi connectivity index (χ4v) is 5.12. The van der Waals surface area contributed by atoms with Crippen LogP contribution in [-0.2, 0) is 33.8 Å². The highest BCUT2D eigenvalue weighted by Gasteiger charge is 2.31. The number of anilines is 1. The van der Waals surface area contributed by atoms with Crippen LogP contribution >= 0.6 is 0 Å². The van der Waals surface area contributed by atoms with Crippen molar-refractivity contribution in [3.63, 3.8) is 0 Å². The van der Waals surface area contributed by atoms with E-state index in [9.17, 15) is 14.4 Å². The van der Waals surface area contributed by atoms with Gasteiger partial charge in [0.05, 0.1) is 18.8 Å². The van der Waals surface area contributed by atoms with E-state index in [1.807, 2.05) is 69.3 Å². The number of rotatable bonds is 6. The largest absolute Gasteiger partial charge is 0.492 e. The molecule has 0 fully saturated rings. The van der Waals surface area contributed by atoms with Crippen molar-refractivity contribution in [1.82, 2.24) is 36.3 Å². The van der Waals surface area contributed by atoms with Crippen LogP contribution < -0.4 is 31.3 Å². The molecule has 2 aromatic carbocycles. The highest BCUT2D eigenvalue weighted by molar-refractivity contribution is 5.93. The van der Waals surface area contributed by atoms with Crippen LogP contribution in [0.15, 0.2) is 54.7 Å². The van der Waals surface area contributed by atoms with E-state index in [0.717, 1.165) is 22.4 Å². The van der Waals surface area contributed by atoms with Gasteiger partial charge in [0, 0.05) is 20.1 Å². The maximum Gasteiger partial charge on any atom is 0.244 e. The second-order valence-electron chi connectivity index (χ2n) is 11.4. The van der Waals surface area contributed by atoms with E-state index in [1.165, 1.54) is 4.68 Å². The molecule has 4 rings (SSSR count). The number of carbonyl (C=O) groups is 3. The number of amides is 3. The van der Waals surface area contributed by atoms with Gasteiger partial charge in [-0.05, 0) is 49.3 Å². The first-order chi connectivity index (χ1) is 21.2. The van der Waals surface area contributed by atoms with Gasteiger partial charge in [-0.3, -0.25) is 14.4 Å². The van der Waals surface area contributed by atoms with Gasteiger partial charge in [0.25, 0.3) is 0 Å². The fraction of sp³-hybridized carbons (Fsp3) is 0.469. The predicted molar refractivity (Wildman–Crippen MR) is 168 cm³/mol. The normalized spacial score (nSPS) is 20.8. The molecule has 0 saturated heterocycles. The van der Waals surface area contributed by atoms with E-state index < -0.39 is 24.0 Å². The summed E-state index contributed by atoms with van der Waals surface area (Å²) in [5.74, 6) is -0.0310. The number of nitrogens with one attached hydrogen (secondary N) is 5. The molecule has 2 heterocycles. The minimum atomic E-state index is -0.942. The zero-order chi connectivity index (χ0) is 31.5. The topological polar surface area (TPSA) is 151 Å². The van der Waals surface area contributed by atoms with Crippen molar-refractivity contribution in [2.24, 2.45) is 5.92 Å². The molecule has 12 heteroatoms. The third-order valence-corrected chi connectivity index (χ3v) is 7.53. The second-order valence-corrected chi connectivity index (χ2v) is 11.4. The molecule has 0 radical (unpaired) electrons. The van der Waals surface area contributed by atoms with Crippen LogP contribution in [0.2, 0.25) is 0 Å². The number of hydrogen-bond acceptors (Lipinski definition) is 8. The average Bonchev–Trinajstić information content (AvgIpc) is 3.46. The summed E-state index contributed by atoms with van der Waals surface area (Å²) in [7, 11) is 1.72. The smallest absolute Gasteiger partial charge is 0.244 e. The number of aryl methyl sites for hydroxylation is 2. The Morgan fingerprint density at radius 2 is 1.82 bits per heavy atom. The quantitative estimate of drug-likeness (QED) is 0.285. The number of benzene rings is 2. The molecule has 44 heavy (non-hydrogen) atoms. The van der Waals surface area contributed by atoms with Crippen molar-refractivity contribution in [3.8, 4) is 5.75 Å². The van der Waals surface area contributed by atoms with Gasteiger partial charge in [0.2, 0.25) is 17.7 Å². The Morgan fingerprint density at radius 1 is 1.00 bits per heavy atom. The molecule has 3 amide bonds. The van der Waals surface area contributed by atoms with E-state index in [2.05, 4.69) is 36.9 Å². The van der Waals surface area contributed by atoms with Crippen LogP contribution in [0.4, 0.5) is 5.82 Å². The second kappa shape index (κ2) is 15.9. The summed E-state index contributed by atoms with van der Waals surface area (Å²) in [5.41, 5.74) is 3.13. The molecule has 1 aliphatic rings.